The molecule has 1 aromatic carbocycles. The first-order valence-corrected chi connectivity index (χ1v) is 7.25. The first-order chi connectivity index (χ1) is 8.57. The number of likely N-dealkylation sites (N-methyl/N-ethyl adjacent to an activating group) is 1. The van der Waals surface area contributed by atoms with Gasteiger partial charge in [-0.05, 0) is 45.1 Å². The smallest absolute Gasteiger partial charge is 0.0501 e. The topological polar surface area (TPSA) is 32.5 Å². The number of benzene rings is 1. The number of hydrogen-bond acceptors (Lipinski definition) is 3. The van der Waals surface area contributed by atoms with Crippen molar-refractivity contribution >= 4 is 21.6 Å². The lowest BCUT2D eigenvalue weighted by Gasteiger charge is -2.47. The molecule has 2 rings (SSSR count). The minimum atomic E-state index is 0.112. The molecule has 3 nitrogen and oxygen atoms in total. The molecule has 1 aromatic rings. The molecule has 1 unspecified atom stereocenters. The fourth-order valence-electron chi connectivity index (χ4n) is 2.72. The van der Waals surface area contributed by atoms with Crippen LogP contribution in [0.25, 0.3) is 0 Å². The molecular weight excluding hydrogens is 290 g/mol. The SMILES string of the molecule is CN(C)C1(CN)CCCN(c2cccc(Br)c2)C1. The molecule has 1 atom stereocenters. The molecule has 1 aliphatic rings. The highest BCUT2D eigenvalue weighted by molar-refractivity contribution is 9.10. The summed E-state index contributed by atoms with van der Waals surface area (Å²) in [4.78, 5) is 4.73. The fourth-order valence-corrected chi connectivity index (χ4v) is 3.11. The van der Waals surface area contributed by atoms with Crippen LogP contribution in [0.2, 0.25) is 0 Å². The van der Waals surface area contributed by atoms with E-state index in [9.17, 15) is 0 Å². The fraction of sp³-hybridized carbons (Fsp3) is 0.571. The van der Waals surface area contributed by atoms with Crippen molar-refractivity contribution in [3.05, 3.63) is 28.7 Å². The summed E-state index contributed by atoms with van der Waals surface area (Å²) >= 11 is 3.54. The summed E-state index contributed by atoms with van der Waals surface area (Å²) in [5.74, 6) is 0. The second-order valence-electron chi connectivity index (χ2n) is 5.33. The predicted octanol–water partition coefficient (Wildman–Crippen LogP) is 2.31. The van der Waals surface area contributed by atoms with Crippen molar-refractivity contribution in [2.24, 2.45) is 5.73 Å². The summed E-state index contributed by atoms with van der Waals surface area (Å²) in [6.45, 7) is 2.84. The molecule has 1 fully saturated rings. The predicted molar refractivity (Wildman–Crippen MR) is 81.1 cm³/mol. The van der Waals surface area contributed by atoms with E-state index in [4.69, 9.17) is 5.73 Å². The van der Waals surface area contributed by atoms with E-state index >= 15 is 0 Å². The van der Waals surface area contributed by atoms with Crippen LogP contribution in [0, 0.1) is 0 Å². The quantitative estimate of drug-likeness (QED) is 0.930. The van der Waals surface area contributed by atoms with Crippen LogP contribution >= 0.6 is 15.9 Å². The molecule has 100 valence electrons. The van der Waals surface area contributed by atoms with Gasteiger partial charge < -0.3 is 15.5 Å². The Morgan fingerprint density at radius 2 is 2.22 bits per heavy atom. The molecule has 0 radical (unpaired) electrons. The van der Waals surface area contributed by atoms with Crippen molar-refractivity contribution < 1.29 is 0 Å². The molecule has 0 aromatic heterocycles. The van der Waals surface area contributed by atoms with E-state index in [0.717, 1.165) is 17.6 Å². The Bertz CT molecular complexity index is 408. The molecule has 1 aliphatic heterocycles. The van der Waals surface area contributed by atoms with Crippen LogP contribution in [0.1, 0.15) is 12.8 Å². The van der Waals surface area contributed by atoms with Crippen LogP contribution in [0.3, 0.4) is 0 Å². The number of piperidine rings is 1. The highest BCUT2D eigenvalue weighted by atomic mass is 79.9. The number of nitrogens with zero attached hydrogens (tertiary/aromatic N) is 2. The summed E-state index contributed by atoms with van der Waals surface area (Å²) in [5, 5.41) is 0. The second-order valence-corrected chi connectivity index (χ2v) is 6.24. The highest BCUT2D eigenvalue weighted by Gasteiger charge is 2.36. The third kappa shape index (κ3) is 2.71. The summed E-state index contributed by atoms with van der Waals surface area (Å²) in [6.07, 6.45) is 2.38. The van der Waals surface area contributed by atoms with Crippen LogP contribution in [-0.4, -0.2) is 44.2 Å². The minimum absolute atomic E-state index is 0.112. The number of nitrogens with two attached hydrogens (primary N) is 1. The Balaban J connectivity index is 2.20. The van der Waals surface area contributed by atoms with Crippen LogP contribution < -0.4 is 10.6 Å². The van der Waals surface area contributed by atoms with Gasteiger partial charge in [0.15, 0.2) is 0 Å². The summed E-state index contributed by atoms with van der Waals surface area (Å²) < 4.78 is 1.13. The molecule has 4 heteroatoms. The van der Waals surface area contributed by atoms with E-state index < -0.39 is 0 Å². The normalized spacial score (nSPS) is 24.6. The van der Waals surface area contributed by atoms with Gasteiger partial charge in [0.25, 0.3) is 0 Å². The number of rotatable bonds is 3. The van der Waals surface area contributed by atoms with Gasteiger partial charge in [-0.15, -0.1) is 0 Å². The van der Waals surface area contributed by atoms with Gasteiger partial charge in [-0.1, -0.05) is 22.0 Å². The molecule has 0 spiro atoms. The van der Waals surface area contributed by atoms with Gasteiger partial charge in [-0.2, -0.15) is 0 Å². The van der Waals surface area contributed by atoms with Gasteiger partial charge >= 0.3 is 0 Å². The van der Waals surface area contributed by atoms with E-state index in [-0.39, 0.29) is 5.54 Å². The Hall–Kier alpha value is -0.580. The molecule has 1 heterocycles. The standard InChI is InChI=1S/C14H22BrN3/c1-17(2)14(10-16)7-4-8-18(11-14)13-6-3-5-12(15)9-13/h3,5-6,9H,4,7-8,10-11,16H2,1-2H3. The molecule has 0 amide bonds. The van der Waals surface area contributed by atoms with E-state index in [2.05, 4.69) is 64.1 Å². The average Bonchev–Trinajstić information content (AvgIpc) is 2.38. The molecule has 2 N–H and O–H groups in total. The Kier molecular flexibility index (Phi) is 4.30. The third-order valence-corrected chi connectivity index (χ3v) is 4.55. The number of halogens is 1. The molecule has 0 bridgehead atoms. The molecule has 18 heavy (non-hydrogen) atoms. The van der Waals surface area contributed by atoms with Crippen molar-refractivity contribution in [2.45, 2.75) is 18.4 Å². The van der Waals surface area contributed by atoms with Gasteiger partial charge in [0.2, 0.25) is 0 Å². The maximum absolute atomic E-state index is 6.03. The lowest BCUT2D eigenvalue weighted by molar-refractivity contribution is 0.135. The van der Waals surface area contributed by atoms with E-state index in [0.29, 0.717) is 6.54 Å². The van der Waals surface area contributed by atoms with Gasteiger partial charge in [0.1, 0.15) is 0 Å². The van der Waals surface area contributed by atoms with Gasteiger partial charge in [-0.25, -0.2) is 0 Å². The zero-order valence-corrected chi connectivity index (χ0v) is 12.8. The minimum Gasteiger partial charge on any atom is -0.370 e. The molecule has 0 aliphatic carbocycles. The maximum Gasteiger partial charge on any atom is 0.0501 e. The van der Waals surface area contributed by atoms with Crippen LogP contribution in [0.4, 0.5) is 5.69 Å². The van der Waals surface area contributed by atoms with Crippen LogP contribution in [0.5, 0.6) is 0 Å². The maximum atomic E-state index is 6.03. The van der Waals surface area contributed by atoms with Crippen molar-refractivity contribution in [3.63, 3.8) is 0 Å². The monoisotopic (exact) mass is 311 g/mol. The van der Waals surface area contributed by atoms with Crippen LogP contribution in [0.15, 0.2) is 28.7 Å². The summed E-state index contributed by atoms with van der Waals surface area (Å²) in [6, 6.07) is 8.51. The summed E-state index contributed by atoms with van der Waals surface area (Å²) in [5.41, 5.74) is 7.42. The molecule has 0 saturated carbocycles. The van der Waals surface area contributed by atoms with Crippen molar-refractivity contribution in [2.75, 3.05) is 38.6 Å². The van der Waals surface area contributed by atoms with Crippen LogP contribution in [-0.2, 0) is 0 Å². The van der Waals surface area contributed by atoms with Gasteiger partial charge in [0.05, 0.1) is 5.54 Å². The Labute approximate surface area is 118 Å². The second kappa shape index (κ2) is 5.59. The van der Waals surface area contributed by atoms with E-state index in [1.807, 2.05) is 0 Å². The van der Waals surface area contributed by atoms with E-state index in [1.165, 1.54) is 18.5 Å². The number of anilines is 1. The van der Waals surface area contributed by atoms with Crippen molar-refractivity contribution in [1.29, 1.82) is 0 Å². The highest BCUT2D eigenvalue weighted by Crippen LogP contribution is 2.29. The van der Waals surface area contributed by atoms with Crippen molar-refractivity contribution in [1.82, 2.24) is 4.90 Å². The van der Waals surface area contributed by atoms with Gasteiger partial charge in [0, 0.05) is 29.8 Å². The third-order valence-electron chi connectivity index (χ3n) is 4.06. The average molecular weight is 312 g/mol. The zero-order valence-electron chi connectivity index (χ0n) is 11.2. The van der Waals surface area contributed by atoms with E-state index in [1.54, 1.807) is 0 Å². The molecule has 1 saturated heterocycles. The lowest BCUT2D eigenvalue weighted by atomic mass is 9.87. The van der Waals surface area contributed by atoms with Crippen molar-refractivity contribution in [3.8, 4) is 0 Å². The lowest BCUT2D eigenvalue weighted by Crippen LogP contribution is -2.60. The summed E-state index contributed by atoms with van der Waals surface area (Å²) in [7, 11) is 4.27. The Morgan fingerprint density at radius 3 is 2.83 bits per heavy atom. The first kappa shape index (κ1) is 13.8. The first-order valence-electron chi connectivity index (χ1n) is 6.45. The number of hydrogen-bond donors (Lipinski definition) is 1. The Morgan fingerprint density at radius 1 is 1.44 bits per heavy atom. The largest absolute Gasteiger partial charge is 0.370 e. The molecular formula is C14H22BrN3. The zero-order chi connectivity index (χ0) is 13.2. The van der Waals surface area contributed by atoms with Gasteiger partial charge in [-0.3, -0.25) is 0 Å².